The number of Topliss-reactive ketones (excluding diaryl/α,β-unsaturated/α-hetero) is 1. The number of halogens is 2. The van der Waals surface area contributed by atoms with Gasteiger partial charge in [-0.25, -0.2) is 23.9 Å². The maximum absolute atomic E-state index is 13.7. The molecule has 0 atom stereocenters. The molecule has 0 fully saturated rings. The van der Waals surface area contributed by atoms with E-state index in [2.05, 4.69) is 20.1 Å². The van der Waals surface area contributed by atoms with Crippen molar-refractivity contribution in [2.24, 2.45) is 0 Å². The molecular formula is C17H11F2N5O2S. The van der Waals surface area contributed by atoms with Gasteiger partial charge in [0.2, 0.25) is 0 Å². The van der Waals surface area contributed by atoms with E-state index in [1.54, 1.807) is 0 Å². The van der Waals surface area contributed by atoms with Gasteiger partial charge in [0.25, 0.3) is 5.95 Å². The average molecular weight is 387 g/mol. The molecule has 0 unspecified atom stereocenters. The van der Waals surface area contributed by atoms with Gasteiger partial charge in [-0.3, -0.25) is 4.79 Å². The lowest BCUT2D eigenvalue weighted by Gasteiger charge is -2.09. The van der Waals surface area contributed by atoms with Crippen LogP contribution in [-0.4, -0.2) is 30.3 Å². The van der Waals surface area contributed by atoms with Crippen LogP contribution >= 0.6 is 11.3 Å². The Hall–Kier alpha value is -3.27. The van der Waals surface area contributed by atoms with E-state index in [-0.39, 0.29) is 23.5 Å². The smallest absolute Gasteiger partial charge is 0.256 e. The Bertz CT molecular complexity index is 1160. The van der Waals surface area contributed by atoms with Crippen molar-refractivity contribution in [2.45, 2.75) is 13.3 Å². The molecule has 0 aliphatic carbocycles. The Labute approximate surface area is 155 Å². The minimum absolute atomic E-state index is 0.0837. The molecule has 4 aromatic heterocycles. The quantitative estimate of drug-likeness (QED) is 0.386. The molecule has 4 rings (SSSR count). The molecule has 0 aromatic carbocycles. The molecule has 10 heteroatoms. The van der Waals surface area contributed by atoms with Crippen LogP contribution < -0.4 is 4.74 Å². The molecule has 0 amide bonds. The van der Waals surface area contributed by atoms with Crippen LogP contribution in [0, 0.1) is 18.7 Å². The Morgan fingerprint density at radius 3 is 2.93 bits per heavy atom. The summed E-state index contributed by atoms with van der Waals surface area (Å²) in [4.78, 5) is 24.4. The van der Waals surface area contributed by atoms with Crippen molar-refractivity contribution in [3.8, 4) is 11.5 Å². The van der Waals surface area contributed by atoms with Gasteiger partial charge in [0.1, 0.15) is 22.9 Å². The van der Waals surface area contributed by atoms with Gasteiger partial charge < -0.3 is 4.74 Å². The molecule has 7 nitrogen and oxygen atoms in total. The van der Waals surface area contributed by atoms with E-state index >= 15 is 0 Å². The number of thiazole rings is 1. The van der Waals surface area contributed by atoms with Crippen molar-refractivity contribution in [3.63, 3.8) is 0 Å². The highest BCUT2D eigenvalue weighted by atomic mass is 32.1. The number of rotatable bonds is 5. The number of hydrogen-bond donors (Lipinski definition) is 0. The molecule has 4 heterocycles. The Kier molecular flexibility index (Phi) is 4.32. The minimum atomic E-state index is -0.971. The highest BCUT2D eigenvalue weighted by Crippen LogP contribution is 2.26. The maximum atomic E-state index is 13.7. The predicted molar refractivity (Wildman–Crippen MR) is 92.1 cm³/mol. The molecule has 136 valence electrons. The predicted octanol–water partition coefficient (Wildman–Crippen LogP) is 3.39. The first kappa shape index (κ1) is 17.2. The molecule has 0 aliphatic rings. The van der Waals surface area contributed by atoms with Gasteiger partial charge >= 0.3 is 0 Å². The van der Waals surface area contributed by atoms with Gasteiger partial charge in [-0.15, -0.1) is 11.3 Å². The molecule has 0 saturated heterocycles. The fourth-order valence-electron chi connectivity index (χ4n) is 2.48. The van der Waals surface area contributed by atoms with Crippen LogP contribution in [0.3, 0.4) is 0 Å². The number of ketones is 1. The van der Waals surface area contributed by atoms with Gasteiger partial charge in [-0.1, -0.05) is 0 Å². The van der Waals surface area contributed by atoms with E-state index in [1.165, 1.54) is 34.4 Å². The Balaban J connectivity index is 1.71. The number of carbonyl (C=O) groups excluding carboxylic acids is 1. The normalized spacial score (nSPS) is 11.1. The summed E-state index contributed by atoms with van der Waals surface area (Å²) >= 11 is 1.38. The zero-order valence-corrected chi connectivity index (χ0v) is 14.7. The lowest BCUT2D eigenvalue weighted by molar-refractivity contribution is 0.0993. The van der Waals surface area contributed by atoms with Crippen molar-refractivity contribution >= 4 is 22.8 Å². The van der Waals surface area contributed by atoms with Crippen LogP contribution in [-0.2, 0) is 6.42 Å². The summed E-state index contributed by atoms with van der Waals surface area (Å²) < 4.78 is 33.8. The number of nitrogens with zero attached hydrogens (tertiary/aromatic N) is 5. The van der Waals surface area contributed by atoms with Crippen molar-refractivity contribution in [2.75, 3.05) is 0 Å². The number of ether oxygens (including phenoxy) is 1. The third-order valence-corrected chi connectivity index (χ3v) is 4.60. The van der Waals surface area contributed by atoms with Crippen molar-refractivity contribution in [1.29, 1.82) is 0 Å². The number of fused-ring (bicyclic) bond motifs is 1. The molecule has 4 aromatic rings. The second kappa shape index (κ2) is 6.80. The van der Waals surface area contributed by atoms with E-state index in [4.69, 9.17) is 4.74 Å². The number of aryl methyl sites for hydroxylation is 1. The SMILES string of the molecule is Cc1csc(CC(=O)c2cc(Oc3cc(F)cnc3F)cn3ncnc23)n1. The topological polar surface area (TPSA) is 82.3 Å². The van der Waals surface area contributed by atoms with Crippen LogP contribution in [0.5, 0.6) is 11.5 Å². The summed E-state index contributed by atoms with van der Waals surface area (Å²) in [6.07, 6.45) is 3.53. The second-order valence-corrected chi connectivity index (χ2v) is 6.59. The van der Waals surface area contributed by atoms with Crippen LogP contribution in [0.4, 0.5) is 8.78 Å². The van der Waals surface area contributed by atoms with Gasteiger partial charge in [0.05, 0.1) is 24.4 Å². The fourth-order valence-corrected chi connectivity index (χ4v) is 3.25. The van der Waals surface area contributed by atoms with Gasteiger partial charge in [-0.2, -0.15) is 9.49 Å². The molecule has 0 N–H and O–H groups in total. The van der Waals surface area contributed by atoms with E-state index in [0.717, 1.165) is 18.0 Å². The number of pyridine rings is 2. The number of hydrogen-bond acceptors (Lipinski definition) is 7. The third-order valence-electron chi connectivity index (χ3n) is 3.63. The van der Waals surface area contributed by atoms with Crippen LogP contribution in [0.2, 0.25) is 0 Å². The van der Waals surface area contributed by atoms with E-state index < -0.39 is 17.5 Å². The lowest BCUT2D eigenvalue weighted by atomic mass is 10.1. The fraction of sp³-hybridized carbons (Fsp3) is 0.118. The zero-order valence-electron chi connectivity index (χ0n) is 13.9. The first-order valence-corrected chi connectivity index (χ1v) is 8.64. The second-order valence-electron chi connectivity index (χ2n) is 5.64. The molecule has 0 radical (unpaired) electrons. The van der Waals surface area contributed by atoms with E-state index in [9.17, 15) is 13.6 Å². The minimum Gasteiger partial charge on any atom is -0.451 e. The van der Waals surface area contributed by atoms with Gasteiger partial charge in [-0.05, 0) is 13.0 Å². The first-order chi connectivity index (χ1) is 13.0. The van der Waals surface area contributed by atoms with E-state index in [0.29, 0.717) is 10.7 Å². The Morgan fingerprint density at radius 1 is 1.30 bits per heavy atom. The standard InChI is InChI=1S/C17H11F2N5O2S/c1-9-7-27-15(23-9)4-13(25)12-3-11(6-24-17(12)21-8-22-24)26-14-2-10(18)5-20-16(14)19/h2-3,5-8H,4H2,1H3. The molecule has 0 aliphatic heterocycles. The molecular weight excluding hydrogens is 376 g/mol. The maximum Gasteiger partial charge on any atom is 0.256 e. The van der Waals surface area contributed by atoms with Crippen molar-refractivity contribution in [1.82, 2.24) is 24.6 Å². The lowest BCUT2D eigenvalue weighted by Crippen LogP contribution is -2.07. The van der Waals surface area contributed by atoms with Gasteiger partial charge in [0, 0.05) is 17.1 Å². The van der Waals surface area contributed by atoms with E-state index in [1.807, 2.05) is 12.3 Å². The zero-order chi connectivity index (χ0) is 19.0. The van der Waals surface area contributed by atoms with Crippen LogP contribution in [0.25, 0.3) is 5.65 Å². The monoisotopic (exact) mass is 387 g/mol. The molecule has 0 bridgehead atoms. The third kappa shape index (κ3) is 3.51. The van der Waals surface area contributed by atoms with Crippen molar-refractivity contribution < 1.29 is 18.3 Å². The van der Waals surface area contributed by atoms with Gasteiger partial charge in [0.15, 0.2) is 17.2 Å². The largest absolute Gasteiger partial charge is 0.451 e. The summed E-state index contributed by atoms with van der Waals surface area (Å²) in [5, 5.41) is 6.52. The summed E-state index contributed by atoms with van der Waals surface area (Å²) in [5.41, 5.74) is 1.41. The number of aromatic nitrogens is 5. The molecule has 0 spiro atoms. The van der Waals surface area contributed by atoms with Crippen LogP contribution in [0.15, 0.2) is 36.2 Å². The number of carbonyl (C=O) groups is 1. The Morgan fingerprint density at radius 2 is 2.15 bits per heavy atom. The summed E-state index contributed by atoms with van der Waals surface area (Å²) in [7, 11) is 0. The summed E-state index contributed by atoms with van der Waals surface area (Å²) in [6.45, 7) is 1.84. The van der Waals surface area contributed by atoms with Crippen molar-refractivity contribution in [3.05, 3.63) is 64.3 Å². The first-order valence-electron chi connectivity index (χ1n) is 7.76. The van der Waals surface area contributed by atoms with Crippen LogP contribution in [0.1, 0.15) is 21.1 Å². The molecule has 0 saturated carbocycles. The molecule has 27 heavy (non-hydrogen) atoms. The summed E-state index contributed by atoms with van der Waals surface area (Å²) in [6, 6.07) is 2.28. The average Bonchev–Trinajstić information content (AvgIpc) is 3.26. The highest BCUT2D eigenvalue weighted by molar-refractivity contribution is 7.09. The highest BCUT2D eigenvalue weighted by Gasteiger charge is 2.18. The summed E-state index contributed by atoms with van der Waals surface area (Å²) in [5.74, 6) is -2.27.